The molecule has 208 valence electrons. The third-order valence-electron chi connectivity index (χ3n) is 6.06. The first-order valence-electron chi connectivity index (χ1n) is 12.5. The van der Waals surface area contributed by atoms with Crippen molar-refractivity contribution in [2.24, 2.45) is 0 Å². The van der Waals surface area contributed by atoms with E-state index in [-0.39, 0.29) is 24.9 Å². The molecule has 0 bridgehead atoms. The van der Waals surface area contributed by atoms with Gasteiger partial charge in [-0.3, -0.25) is 13.9 Å². The molecule has 0 fully saturated rings. The fraction of sp³-hybridized carbons (Fsp3) is 0.310. The van der Waals surface area contributed by atoms with Gasteiger partial charge in [0.2, 0.25) is 21.8 Å². The van der Waals surface area contributed by atoms with Crippen LogP contribution in [0.15, 0.2) is 77.3 Å². The van der Waals surface area contributed by atoms with E-state index in [0.717, 1.165) is 26.2 Å². The highest BCUT2D eigenvalue weighted by Crippen LogP contribution is 2.27. The van der Waals surface area contributed by atoms with Gasteiger partial charge >= 0.3 is 0 Å². The van der Waals surface area contributed by atoms with Crippen molar-refractivity contribution in [3.8, 4) is 0 Å². The van der Waals surface area contributed by atoms with Crippen LogP contribution in [-0.4, -0.2) is 50.0 Å². The summed E-state index contributed by atoms with van der Waals surface area (Å²) in [6, 6.07) is 20.7. The molecule has 0 heterocycles. The summed E-state index contributed by atoms with van der Waals surface area (Å²) in [5, 5.41) is 3.28. The Balaban J connectivity index is 2.08. The molecule has 0 aliphatic heterocycles. The molecule has 3 aromatic carbocycles. The van der Waals surface area contributed by atoms with Crippen molar-refractivity contribution in [2.75, 3.05) is 17.1 Å². The van der Waals surface area contributed by atoms with Crippen LogP contribution in [0.5, 0.6) is 0 Å². The summed E-state index contributed by atoms with van der Waals surface area (Å²) >= 11 is 9.66. The highest BCUT2D eigenvalue weighted by atomic mass is 79.9. The molecule has 1 atom stereocenters. The average molecular weight is 635 g/mol. The van der Waals surface area contributed by atoms with E-state index in [0.29, 0.717) is 16.3 Å². The summed E-state index contributed by atoms with van der Waals surface area (Å²) in [6.07, 6.45) is 1.31. The molecule has 0 radical (unpaired) electrons. The topological polar surface area (TPSA) is 86.8 Å². The molecule has 0 aromatic heterocycles. The number of anilines is 1. The van der Waals surface area contributed by atoms with Gasteiger partial charge in [-0.15, -0.1) is 0 Å². The lowest BCUT2D eigenvalue weighted by Gasteiger charge is -2.34. The summed E-state index contributed by atoms with van der Waals surface area (Å²) < 4.78 is 27.7. The number of carbonyl (C=O) groups is 2. The van der Waals surface area contributed by atoms with Crippen LogP contribution in [0.4, 0.5) is 5.69 Å². The second-order valence-corrected chi connectivity index (χ2v) is 13.0. The van der Waals surface area contributed by atoms with E-state index in [9.17, 15) is 18.0 Å². The van der Waals surface area contributed by atoms with Crippen molar-refractivity contribution in [2.45, 2.75) is 45.8 Å². The van der Waals surface area contributed by atoms with Gasteiger partial charge in [-0.05, 0) is 61.7 Å². The summed E-state index contributed by atoms with van der Waals surface area (Å²) in [5.41, 5.74) is 2.62. The van der Waals surface area contributed by atoms with Gasteiger partial charge in [0.1, 0.15) is 12.6 Å². The van der Waals surface area contributed by atoms with E-state index in [1.54, 1.807) is 19.1 Å². The summed E-state index contributed by atoms with van der Waals surface area (Å²) in [7, 11) is -3.87. The highest BCUT2D eigenvalue weighted by Gasteiger charge is 2.33. The molecular formula is C29H33BrClN3O4S. The lowest BCUT2D eigenvalue weighted by molar-refractivity contribution is -0.140. The van der Waals surface area contributed by atoms with Crippen LogP contribution >= 0.6 is 27.5 Å². The first-order chi connectivity index (χ1) is 18.3. The molecule has 39 heavy (non-hydrogen) atoms. The van der Waals surface area contributed by atoms with Crippen LogP contribution in [0.1, 0.15) is 30.5 Å². The number of rotatable bonds is 11. The first-order valence-corrected chi connectivity index (χ1v) is 15.5. The molecule has 2 amide bonds. The van der Waals surface area contributed by atoms with Gasteiger partial charge in [-0.1, -0.05) is 76.1 Å². The van der Waals surface area contributed by atoms with E-state index in [1.807, 2.05) is 68.4 Å². The highest BCUT2D eigenvalue weighted by molar-refractivity contribution is 9.10. The molecule has 0 saturated carbocycles. The van der Waals surface area contributed by atoms with Gasteiger partial charge in [0.05, 0.1) is 11.9 Å². The van der Waals surface area contributed by atoms with E-state index in [4.69, 9.17) is 11.6 Å². The third kappa shape index (κ3) is 8.81. The molecule has 0 unspecified atom stereocenters. The normalized spacial score (nSPS) is 12.2. The van der Waals surface area contributed by atoms with Gasteiger partial charge < -0.3 is 10.2 Å². The minimum Gasteiger partial charge on any atom is -0.352 e. The van der Waals surface area contributed by atoms with Gasteiger partial charge in [0.15, 0.2) is 0 Å². The zero-order valence-electron chi connectivity index (χ0n) is 22.4. The minimum absolute atomic E-state index is 0.105. The first kappa shape index (κ1) is 30.7. The SMILES string of the molecule is Cc1ccc(Cl)cc1N(CC(=O)N(Cc1cccc(Br)c1)[C@H](Cc1ccccc1)C(=O)NC(C)C)S(C)(=O)=O. The van der Waals surface area contributed by atoms with Crippen LogP contribution in [0.25, 0.3) is 0 Å². The number of nitrogens with zero attached hydrogens (tertiary/aromatic N) is 2. The maximum atomic E-state index is 14.1. The van der Waals surface area contributed by atoms with Crippen LogP contribution in [0.2, 0.25) is 5.02 Å². The monoisotopic (exact) mass is 633 g/mol. The Bertz CT molecular complexity index is 1420. The number of benzene rings is 3. The molecule has 0 spiro atoms. The minimum atomic E-state index is -3.87. The zero-order chi connectivity index (χ0) is 28.7. The van der Waals surface area contributed by atoms with Crippen LogP contribution in [0.3, 0.4) is 0 Å². The number of carbonyl (C=O) groups excluding carboxylic acids is 2. The van der Waals surface area contributed by atoms with E-state index in [2.05, 4.69) is 21.2 Å². The van der Waals surface area contributed by atoms with Crippen molar-refractivity contribution in [1.82, 2.24) is 10.2 Å². The van der Waals surface area contributed by atoms with Crippen molar-refractivity contribution in [1.29, 1.82) is 0 Å². The van der Waals surface area contributed by atoms with Gasteiger partial charge in [0.25, 0.3) is 0 Å². The average Bonchev–Trinajstić information content (AvgIpc) is 2.85. The fourth-order valence-corrected chi connectivity index (χ4v) is 5.72. The van der Waals surface area contributed by atoms with Crippen molar-refractivity contribution in [3.05, 3.63) is 99.0 Å². The van der Waals surface area contributed by atoms with E-state index >= 15 is 0 Å². The Morgan fingerprint density at radius 3 is 2.26 bits per heavy atom. The van der Waals surface area contributed by atoms with E-state index < -0.39 is 28.5 Å². The number of halogens is 2. The van der Waals surface area contributed by atoms with Gasteiger partial charge in [-0.2, -0.15) is 0 Å². The number of amides is 2. The summed E-state index contributed by atoms with van der Waals surface area (Å²) in [6.45, 7) is 5.07. The molecular weight excluding hydrogens is 602 g/mol. The lowest BCUT2D eigenvalue weighted by Crippen LogP contribution is -2.54. The largest absolute Gasteiger partial charge is 0.352 e. The molecule has 3 aromatic rings. The maximum Gasteiger partial charge on any atom is 0.244 e. The van der Waals surface area contributed by atoms with Gasteiger partial charge in [0, 0.05) is 28.5 Å². The van der Waals surface area contributed by atoms with E-state index in [1.165, 1.54) is 11.0 Å². The molecule has 0 aliphatic rings. The molecule has 3 rings (SSSR count). The second-order valence-electron chi connectivity index (χ2n) is 9.72. The zero-order valence-corrected chi connectivity index (χ0v) is 25.6. The van der Waals surface area contributed by atoms with Crippen molar-refractivity contribution < 1.29 is 18.0 Å². The number of nitrogens with one attached hydrogen (secondary N) is 1. The van der Waals surface area contributed by atoms with Crippen molar-refractivity contribution >= 4 is 55.1 Å². The smallest absolute Gasteiger partial charge is 0.244 e. The van der Waals surface area contributed by atoms with Crippen LogP contribution < -0.4 is 9.62 Å². The van der Waals surface area contributed by atoms with Gasteiger partial charge in [-0.25, -0.2) is 8.42 Å². The number of hydrogen-bond acceptors (Lipinski definition) is 4. The van der Waals surface area contributed by atoms with Crippen molar-refractivity contribution in [3.63, 3.8) is 0 Å². The predicted octanol–water partition coefficient (Wildman–Crippen LogP) is 5.34. The predicted molar refractivity (Wildman–Crippen MR) is 160 cm³/mol. The Morgan fingerprint density at radius 1 is 0.974 bits per heavy atom. The quantitative estimate of drug-likeness (QED) is 0.309. The Kier molecular flexibility index (Phi) is 10.6. The lowest BCUT2D eigenvalue weighted by atomic mass is 10.0. The Hall–Kier alpha value is -2.88. The second kappa shape index (κ2) is 13.5. The fourth-order valence-electron chi connectivity index (χ4n) is 4.21. The molecule has 10 heteroatoms. The Labute approximate surface area is 244 Å². The molecule has 7 nitrogen and oxygen atoms in total. The molecule has 0 saturated heterocycles. The standard InChI is InChI=1S/C29H33BrClN3O4S/c1-20(2)32-29(36)27(16-22-9-6-5-7-10-22)33(18-23-11-8-12-24(30)15-23)28(35)19-34(39(4,37)38)26-17-25(31)14-13-21(26)3/h5-15,17,20,27H,16,18-19H2,1-4H3,(H,32,36)/t27-/m1/s1. The van der Waals surface area contributed by atoms with Crippen LogP contribution in [0, 0.1) is 6.92 Å². The van der Waals surface area contributed by atoms with Crippen LogP contribution in [-0.2, 0) is 32.6 Å². The summed E-state index contributed by atoms with van der Waals surface area (Å²) in [5.74, 6) is -0.832. The molecule has 1 N–H and O–H groups in total. The molecule has 0 aliphatic carbocycles. The maximum absolute atomic E-state index is 14.1. The number of hydrogen-bond donors (Lipinski definition) is 1. The number of aryl methyl sites for hydroxylation is 1. The Morgan fingerprint density at radius 2 is 1.64 bits per heavy atom. The summed E-state index contributed by atoms with van der Waals surface area (Å²) in [4.78, 5) is 29.1. The number of sulfonamides is 1. The third-order valence-corrected chi connectivity index (χ3v) is 7.92.